The van der Waals surface area contributed by atoms with Crippen LogP contribution in [0.15, 0.2) is 24.3 Å². The molecule has 0 aliphatic carbocycles. The van der Waals surface area contributed by atoms with Gasteiger partial charge in [0.25, 0.3) is 0 Å². The van der Waals surface area contributed by atoms with E-state index in [0.717, 1.165) is 5.01 Å². The van der Waals surface area contributed by atoms with Crippen molar-refractivity contribution >= 4 is 51.7 Å². The van der Waals surface area contributed by atoms with Crippen LogP contribution in [0.2, 0.25) is 10.0 Å². The van der Waals surface area contributed by atoms with E-state index in [9.17, 15) is 4.79 Å². The minimum Gasteiger partial charge on any atom is -0.297 e. The van der Waals surface area contributed by atoms with Crippen LogP contribution < -0.4 is 5.32 Å². The highest BCUT2D eigenvalue weighted by molar-refractivity contribution is 7.15. The summed E-state index contributed by atoms with van der Waals surface area (Å²) in [6.07, 6.45) is 2.91. The molecule has 0 unspecified atom stereocenters. The second-order valence-corrected chi connectivity index (χ2v) is 5.58. The number of carbonyl (C=O) groups excluding carboxylic acids is 1. The van der Waals surface area contributed by atoms with Gasteiger partial charge in [0.15, 0.2) is 0 Å². The van der Waals surface area contributed by atoms with E-state index in [1.807, 2.05) is 6.92 Å². The molecule has 1 aromatic heterocycles. The Morgan fingerprint density at radius 1 is 1.32 bits per heavy atom. The minimum absolute atomic E-state index is 0.313. The SMILES string of the molecule is Cc1nnc(NC(=O)C=Cc2c(Cl)cccc2Cl)s1. The van der Waals surface area contributed by atoms with Crippen molar-refractivity contribution in [2.24, 2.45) is 0 Å². The quantitative estimate of drug-likeness (QED) is 0.877. The Morgan fingerprint density at radius 3 is 2.58 bits per heavy atom. The largest absolute Gasteiger partial charge is 0.297 e. The van der Waals surface area contributed by atoms with Crippen LogP contribution in [0, 0.1) is 6.92 Å². The Labute approximate surface area is 124 Å². The number of hydrogen-bond acceptors (Lipinski definition) is 4. The third-order valence-electron chi connectivity index (χ3n) is 2.16. The average molecular weight is 314 g/mol. The molecule has 1 amide bonds. The number of nitrogens with one attached hydrogen (secondary N) is 1. The summed E-state index contributed by atoms with van der Waals surface area (Å²) in [6.45, 7) is 1.81. The van der Waals surface area contributed by atoms with Gasteiger partial charge < -0.3 is 0 Å². The number of aryl methyl sites for hydroxylation is 1. The summed E-state index contributed by atoms with van der Waals surface area (Å²) >= 11 is 13.3. The van der Waals surface area contributed by atoms with E-state index in [2.05, 4.69) is 15.5 Å². The lowest BCUT2D eigenvalue weighted by Gasteiger charge is -2.00. The molecule has 0 saturated heterocycles. The standard InChI is InChI=1S/C12H9Cl2N3OS/c1-7-16-17-12(19-7)15-11(18)6-5-8-9(13)3-2-4-10(8)14/h2-6H,1H3,(H,15,17,18). The highest BCUT2D eigenvalue weighted by atomic mass is 35.5. The molecule has 98 valence electrons. The summed E-state index contributed by atoms with van der Waals surface area (Å²) in [5.41, 5.74) is 0.606. The lowest BCUT2D eigenvalue weighted by Crippen LogP contribution is -2.07. The topological polar surface area (TPSA) is 54.9 Å². The maximum Gasteiger partial charge on any atom is 0.250 e. The molecular formula is C12H9Cl2N3OS. The smallest absolute Gasteiger partial charge is 0.250 e. The summed E-state index contributed by atoms with van der Waals surface area (Å²) in [6, 6.07) is 5.16. The van der Waals surface area contributed by atoms with Crippen LogP contribution in [-0.2, 0) is 4.79 Å². The molecule has 2 aromatic rings. The van der Waals surface area contributed by atoms with Gasteiger partial charge in [0.05, 0.1) is 0 Å². The molecule has 0 bridgehead atoms. The summed E-state index contributed by atoms with van der Waals surface area (Å²) in [7, 11) is 0. The molecule has 0 spiro atoms. The van der Waals surface area contributed by atoms with Crippen LogP contribution in [-0.4, -0.2) is 16.1 Å². The van der Waals surface area contributed by atoms with Gasteiger partial charge >= 0.3 is 0 Å². The Balaban J connectivity index is 2.08. The van der Waals surface area contributed by atoms with E-state index in [0.29, 0.717) is 20.7 Å². The lowest BCUT2D eigenvalue weighted by atomic mass is 10.2. The summed E-state index contributed by atoms with van der Waals surface area (Å²) in [5.74, 6) is -0.313. The van der Waals surface area contributed by atoms with Crippen molar-refractivity contribution in [1.29, 1.82) is 0 Å². The Bertz CT molecular complexity index is 619. The molecule has 0 radical (unpaired) electrons. The maximum absolute atomic E-state index is 11.7. The summed E-state index contributed by atoms with van der Waals surface area (Å²) in [5, 5.41) is 12.4. The van der Waals surface area contributed by atoms with Crippen LogP contribution in [0.1, 0.15) is 10.6 Å². The van der Waals surface area contributed by atoms with E-state index in [-0.39, 0.29) is 5.91 Å². The van der Waals surface area contributed by atoms with Crippen molar-refractivity contribution in [3.63, 3.8) is 0 Å². The highest BCUT2D eigenvalue weighted by Crippen LogP contribution is 2.25. The molecule has 0 fully saturated rings. The van der Waals surface area contributed by atoms with Gasteiger partial charge in [0.2, 0.25) is 11.0 Å². The van der Waals surface area contributed by atoms with E-state index in [4.69, 9.17) is 23.2 Å². The van der Waals surface area contributed by atoms with Crippen molar-refractivity contribution < 1.29 is 4.79 Å². The first kappa shape index (κ1) is 14.0. The van der Waals surface area contributed by atoms with Crippen molar-refractivity contribution in [3.05, 3.63) is 44.9 Å². The third kappa shape index (κ3) is 3.76. The number of aromatic nitrogens is 2. The summed E-state index contributed by atoms with van der Waals surface area (Å²) < 4.78 is 0. The fourth-order valence-corrected chi connectivity index (χ4v) is 2.44. The third-order valence-corrected chi connectivity index (χ3v) is 3.57. The molecule has 4 nitrogen and oxygen atoms in total. The maximum atomic E-state index is 11.7. The second kappa shape index (κ2) is 6.14. The Morgan fingerprint density at radius 2 is 2.00 bits per heavy atom. The van der Waals surface area contributed by atoms with Crippen LogP contribution in [0.4, 0.5) is 5.13 Å². The molecule has 0 saturated carbocycles. The van der Waals surface area contributed by atoms with E-state index < -0.39 is 0 Å². The first-order chi connectivity index (χ1) is 9.06. The van der Waals surface area contributed by atoms with E-state index >= 15 is 0 Å². The Hall–Kier alpha value is -1.43. The first-order valence-corrected chi connectivity index (χ1v) is 6.86. The molecule has 0 atom stereocenters. The van der Waals surface area contributed by atoms with Crippen LogP contribution in [0.3, 0.4) is 0 Å². The lowest BCUT2D eigenvalue weighted by molar-refractivity contribution is -0.111. The molecule has 0 aliphatic heterocycles. The number of hydrogen-bond donors (Lipinski definition) is 1. The molecule has 2 rings (SSSR count). The van der Waals surface area contributed by atoms with Crippen molar-refractivity contribution in [2.45, 2.75) is 6.92 Å². The molecule has 1 N–H and O–H groups in total. The number of benzene rings is 1. The van der Waals surface area contributed by atoms with Gasteiger partial charge in [-0.2, -0.15) is 0 Å². The van der Waals surface area contributed by atoms with Gasteiger partial charge in [-0.05, 0) is 25.1 Å². The zero-order chi connectivity index (χ0) is 13.8. The van der Waals surface area contributed by atoms with Crippen molar-refractivity contribution in [3.8, 4) is 0 Å². The van der Waals surface area contributed by atoms with Gasteiger partial charge in [-0.1, -0.05) is 40.6 Å². The van der Waals surface area contributed by atoms with Gasteiger partial charge in [0.1, 0.15) is 5.01 Å². The van der Waals surface area contributed by atoms with Crippen molar-refractivity contribution in [1.82, 2.24) is 10.2 Å². The molecule has 1 aromatic carbocycles. The van der Waals surface area contributed by atoms with Gasteiger partial charge in [-0.25, -0.2) is 0 Å². The fourth-order valence-electron chi connectivity index (χ4n) is 1.32. The number of rotatable bonds is 3. The van der Waals surface area contributed by atoms with Crippen molar-refractivity contribution in [2.75, 3.05) is 5.32 Å². The molecular weight excluding hydrogens is 305 g/mol. The normalized spacial score (nSPS) is 10.9. The summed E-state index contributed by atoms with van der Waals surface area (Å²) in [4.78, 5) is 11.7. The number of anilines is 1. The fraction of sp³-hybridized carbons (Fsp3) is 0.0833. The minimum atomic E-state index is -0.313. The first-order valence-electron chi connectivity index (χ1n) is 5.29. The number of halogens is 2. The predicted molar refractivity (Wildman–Crippen MR) is 78.8 cm³/mol. The Kier molecular flexibility index (Phi) is 4.52. The van der Waals surface area contributed by atoms with Gasteiger partial charge in [0, 0.05) is 21.7 Å². The van der Waals surface area contributed by atoms with Gasteiger partial charge in [-0.3, -0.25) is 10.1 Å². The molecule has 19 heavy (non-hydrogen) atoms. The van der Waals surface area contributed by atoms with Crippen LogP contribution in [0.5, 0.6) is 0 Å². The van der Waals surface area contributed by atoms with E-state index in [1.54, 1.807) is 24.3 Å². The zero-order valence-electron chi connectivity index (χ0n) is 9.85. The second-order valence-electron chi connectivity index (χ2n) is 3.58. The van der Waals surface area contributed by atoms with Crippen LogP contribution >= 0.6 is 34.5 Å². The van der Waals surface area contributed by atoms with Gasteiger partial charge in [-0.15, -0.1) is 10.2 Å². The highest BCUT2D eigenvalue weighted by Gasteiger charge is 2.05. The van der Waals surface area contributed by atoms with Crippen LogP contribution in [0.25, 0.3) is 6.08 Å². The molecule has 7 heteroatoms. The predicted octanol–water partition coefficient (Wildman–Crippen LogP) is 3.81. The molecule has 0 aliphatic rings. The number of amides is 1. The monoisotopic (exact) mass is 313 g/mol. The molecule has 1 heterocycles. The van der Waals surface area contributed by atoms with E-state index in [1.165, 1.54) is 17.4 Å². The number of carbonyl (C=O) groups is 1. The zero-order valence-corrected chi connectivity index (χ0v) is 12.2. The number of nitrogens with zero attached hydrogens (tertiary/aromatic N) is 2. The average Bonchev–Trinajstić information content (AvgIpc) is 2.74.